The number of allylic oxidation sites excluding steroid dienone is 2. The van der Waals surface area contributed by atoms with E-state index in [0.717, 1.165) is 5.57 Å². The van der Waals surface area contributed by atoms with Gasteiger partial charge in [0.25, 0.3) is 0 Å². The quantitative estimate of drug-likeness (QED) is 0.0272. The molecule has 5 aliphatic carbocycles. The van der Waals surface area contributed by atoms with Gasteiger partial charge in [-0.05, 0) is 118 Å². The van der Waals surface area contributed by atoms with Crippen LogP contribution in [-0.2, 0) is 80.6 Å². The summed E-state index contributed by atoms with van der Waals surface area (Å²) in [6.45, 7) is 12.1. The van der Waals surface area contributed by atoms with Gasteiger partial charge in [0.15, 0.2) is 50.1 Å². The molecule has 8 aliphatic heterocycles. The number of ether oxygens (including phenoxy) is 16. The summed E-state index contributed by atoms with van der Waals surface area (Å²) >= 11 is 0. The Labute approximate surface area is 657 Å². The fourth-order valence-corrected chi connectivity index (χ4v) is 21.8. The fourth-order valence-electron chi connectivity index (χ4n) is 21.8. The van der Waals surface area contributed by atoms with Crippen LogP contribution >= 0.6 is 0 Å². The predicted molar refractivity (Wildman–Crippen MR) is 374 cm³/mol. The molecule has 0 aromatic rings. The summed E-state index contributed by atoms with van der Waals surface area (Å²) in [7, 11) is 0. The number of carbonyl (C=O) groups excluding carboxylic acids is 1. The van der Waals surface area contributed by atoms with Gasteiger partial charge in [0.1, 0.15) is 153 Å². The number of aliphatic hydroxyl groups is 22. The summed E-state index contributed by atoms with van der Waals surface area (Å²) < 4.78 is 98.3. The molecule has 656 valence electrons. The van der Waals surface area contributed by atoms with Gasteiger partial charge >= 0.3 is 5.97 Å². The molecule has 47 atom stereocenters. The van der Waals surface area contributed by atoms with E-state index in [2.05, 4.69) is 40.7 Å². The Morgan fingerprint density at radius 2 is 0.798 bits per heavy atom. The van der Waals surface area contributed by atoms with Gasteiger partial charge < -0.3 is 188 Å². The minimum Gasteiger partial charge on any atom is -0.432 e. The van der Waals surface area contributed by atoms with Crippen molar-refractivity contribution in [3.8, 4) is 0 Å². The van der Waals surface area contributed by atoms with Gasteiger partial charge in [-0.25, -0.2) is 0 Å². The third-order valence-corrected chi connectivity index (χ3v) is 28.8. The van der Waals surface area contributed by atoms with Crippen molar-refractivity contribution in [2.24, 2.45) is 50.2 Å². The van der Waals surface area contributed by atoms with Gasteiger partial charge in [-0.2, -0.15) is 0 Å². The molecule has 0 unspecified atom stereocenters. The number of rotatable bonds is 22. The van der Waals surface area contributed by atoms with Crippen LogP contribution in [0.4, 0.5) is 0 Å². The molecule has 4 saturated carbocycles. The van der Waals surface area contributed by atoms with E-state index >= 15 is 4.79 Å². The zero-order chi connectivity index (χ0) is 83.0. The van der Waals surface area contributed by atoms with Gasteiger partial charge in [0.05, 0.1) is 75.6 Å². The Bertz CT molecular complexity index is 3270. The first-order valence-corrected chi connectivity index (χ1v) is 39.9. The van der Waals surface area contributed by atoms with E-state index in [1.54, 1.807) is 6.92 Å². The molecule has 22 N–H and O–H groups in total. The van der Waals surface area contributed by atoms with E-state index in [1.165, 1.54) is 20.8 Å². The van der Waals surface area contributed by atoms with Crippen molar-refractivity contribution in [1.29, 1.82) is 0 Å². The molecular weight excluding hydrogens is 1520 g/mol. The molecule has 114 heavy (non-hydrogen) atoms. The van der Waals surface area contributed by atoms with Crippen LogP contribution < -0.4 is 0 Å². The summed E-state index contributed by atoms with van der Waals surface area (Å²) in [5.41, 5.74) is -3.87. The Morgan fingerprint density at radius 3 is 1.37 bits per heavy atom. The molecule has 0 aromatic carbocycles. The zero-order valence-electron chi connectivity index (χ0n) is 65.2. The monoisotopic (exact) mass is 1650 g/mol. The van der Waals surface area contributed by atoms with Crippen molar-refractivity contribution in [3.05, 3.63) is 11.6 Å². The van der Waals surface area contributed by atoms with Crippen LogP contribution in [0.3, 0.4) is 0 Å². The largest absolute Gasteiger partial charge is 0.432 e. The minimum atomic E-state index is -2.16. The molecule has 0 aromatic heterocycles. The maximum atomic E-state index is 16.2. The first-order valence-electron chi connectivity index (χ1n) is 39.9. The number of carbonyl (C=O) groups is 1. The van der Waals surface area contributed by atoms with Crippen LogP contribution in [0.5, 0.6) is 0 Å². The number of hydrogen-bond donors (Lipinski definition) is 22. The molecule has 8 saturated heterocycles. The summed E-state index contributed by atoms with van der Waals surface area (Å²) in [5.74, 6) is -1.82. The molecule has 0 radical (unpaired) electrons. The maximum Gasteiger partial charge on any atom is 0.315 e. The Kier molecular flexibility index (Phi) is 26.8. The summed E-state index contributed by atoms with van der Waals surface area (Å²) in [4.78, 5) is 16.2. The zero-order valence-corrected chi connectivity index (χ0v) is 65.2. The van der Waals surface area contributed by atoms with Gasteiger partial charge in [-0.3, -0.25) is 4.79 Å². The third-order valence-electron chi connectivity index (χ3n) is 28.8. The number of fused-ring (bicyclic) bond motifs is 7. The minimum absolute atomic E-state index is 0.116. The van der Waals surface area contributed by atoms with E-state index in [9.17, 15) is 112 Å². The van der Waals surface area contributed by atoms with Crippen LogP contribution in [0.15, 0.2) is 11.6 Å². The Balaban J connectivity index is 0.776. The molecule has 13 aliphatic rings. The van der Waals surface area contributed by atoms with Crippen LogP contribution in [-0.4, -0.2) is 397 Å². The van der Waals surface area contributed by atoms with E-state index in [-0.39, 0.29) is 30.1 Å². The Hall–Kier alpha value is -2.27. The molecule has 12 fully saturated rings. The lowest BCUT2D eigenvalue weighted by Crippen LogP contribution is -2.70. The standard InChI is InChI=1S/C75H122O39/c1-26-39(83)44(88)48(92)61(99-26)108-55-35(23-79)105-66(51(55)95)107-54-28(3)101-65(53(97)58(54)111-63-47(91)42(86)33(21-77)103-63)112-59-56(109-62-49(93)45(89)40(84)27(2)100-62)36(24-80)106-68(59)114-69(98)75-16-14-70(4,5)18-30(75)29-10-11-38-71(6)19-31(82)60(72(7,25-81)37(71)12-13-74(38,9)73(29,8)15-17-75)113-67-52(96)57(43(87)34(22-78)104-67)110-64-50(94)46(90)41(85)32(20-76)102-64/h10,26-28,30-68,76-97H,11-25H2,1-9H3/t26-,27-,28-,30-,31-,32+,33+,34+,35+,36+,37-,38+,39-,40-,41+,42-,43+,44+,45+,46-,47+,48+,49+,50+,51+,52+,53+,54-,55-,56+,57-,58-,59-,60-,61-,62-,63-,64-,65-,66-,67-,68+,71-,72-,73+,74+,75-/m0/s1. The highest BCUT2D eigenvalue weighted by Crippen LogP contribution is 2.76. The van der Waals surface area contributed by atoms with Gasteiger partial charge in [0, 0.05) is 5.41 Å². The lowest BCUT2D eigenvalue weighted by atomic mass is 9.33. The molecule has 39 nitrogen and oxygen atoms in total. The smallest absolute Gasteiger partial charge is 0.315 e. The van der Waals surface area contributed by atoms with Crippen molar-refractivity contribution in [3.63, 3.8) is 0 Å². The SMILES string of the molecule is C[C@@H]1O[C@@H](O[C@@H]2[C@@H](O)[C@H](O[C@@H]3[C@@H](O[C@@H]4O[C@H](CO)[C@H](O)[C@H]4O)[C@@H](O)[C@H](O[C@@H]4[C@@H](OC(=O)[C@]56CCC(C)(C)C[C@H]5C5=CC[C@@H]7[C@@]8(C)C[C@H](O)[C@H](O[C@@H]9O[C@H](CO)[C@@H](O)[C@H](O[C@@H]%10O[C@H](CO)[C@@H](O)[C@H](O)[C@H]%10O)[C@H]9O)[C@@](C)(CO)[C@H]8CC[C@@]7(C)[C@]5(C)CC6)O[C@H](CO)[C@H]4O[C@@H]4O[C@@H](C)[C@H](O)[C@@H](O)[C@H]4O)O[C@H]3C)O[C@@H]2CO)[C@H](O)[C@H](O)[C@H]1O. The van der Waals surface area contributed by atoms with Crippen LogP contribution in [0.25, 0.3) is 0 Å². The number of esters is 1. The van der Waals surface area contributed by atoms with E-state index in [0.29, 0.717) is 44.9 Å². The predicted octanol–water partition coefficient (Wildman–Crippen LogP) is -7.80. The first-order chi connectivity index (χ1) is 53.7. The summed E-state index contributed by atoms with van der Waals surface area (Å²) in [6, 6.07) is 0. The maximum absolute atomic E-state index is 16.2. The summed E-state index contributed by atoms with van der Waals surface area (Å²) in [6.07, 6.45) is -60.3. The second-order valence-electron chi connectivity index (χ2n) is 36.0. The van der Waals surface area contributed by atoms with Gasteiger partial charge in [0.2, 0.25) is 6.29 Å². The molecular formula is C75H122O39. The fraction of sp³-hybridized carbons (Fsp3) is 0.960. The van der Waals surface area contributed by atoms with E-state index in [4.69, 9.17) is 75.8 Å². The second kappa shape index (κ2) is 34.1. The van der Waals surface area contributed by atoms with Crippen molar-refractivity contribution in [2.45, 2.75) is 360 Å². The number of aliphatic hydroxyl groups excluding tert-OH is 22. The second-order valence-corrected chi connectivity index (χ2v) is 36.0. The Morgan fingerprint density at radius 1 is 0.386 bits per heavy atom. The third kappa shape index (κ3) is 15.3. The number of hydrogen-bond acceptors (Lipinski definition) is 39. The van der Waals surface area contributed by atoms with Crippen molar-refractivity contribution < 1.29 is 193 Å². The van der Waals surface area contributed by atoms with E-state index in [1.807, 2.05) is 0 Å². The first kappa shape index (κ1) is 89.5. The lowest BCUT2D eigenvalue weighted by molar-refractivity contribution is -0.375. The summed E-state index contributed by atoms with van der Waals surface area (Å²) in [5, 5.41) is 244. The highest BCUT2D eigenvalue weighted by molar-refractivity contribution is 5.79. The van der Waals surface area contributed by atoms with Crippen molar-refractivity contribution in [1.82, 2.24) is 0 Å². The molecule has 0 bridgehead atoms. The highest BCUT2D eigenvalue weighted by Gasteiger charge is 2.73. The molecule has 0 amide bonds. The highest BCUT2D eigenvalue weighted by atomic mass is 16.8. The average Bonchev–Trinajstić information content (AvgIpc) is 0.728. The normalized spacial score (nSPS) is 55.5. The molecule has 39 heteroatoms. The van der Waals surface area contributed by atoms with E-state index < -0.39 is 318 Å². The van der Waals surface area contributed by atoms with Gasteiger partial charge in [-0.15, -0.1) is 0 Å². The average molecular weight is 1650 g/mol. The molecule has 13 rings (SSSR count). The van der Waals surface area contributed by atoms with Crippen LogP contribution in [0.1, 0.15) is 120 Å². The topological polar surface area (TPSA) is 610 Å². The van der Waals surface area contributed by atoms with Crippen molar-refractivity contribution in [2.75, 3.05) is 39.6 Å². The molecule has 8 heterocycles. The van der Waals surface area contributed by atoms with Crippen LogP contribution in [0.2, 0.25) is 0 Å². The molecule has 0 spiro atoms. The van der Waals surface area contributed by atoms with Gasteiger partial charge in [-0.1, -0.05) is 53.2 Å². The lowest BCUT2D eigenvalue weighted by Gasteiger charge is -2.71. The van der Waals surface area contributed by atoms with Crippen LogP contribution in [0, 0.1) is 50.2 Å². The van der Waals surface area contributed by atoms with Crippen molar-refractivity contribution >= 4 is 5.97 Å².